The van der Waals surface area contributed by atoms with Gasteiger partial charge in [0.1, 0.15) is 6.04 Å². The van der Waals surface area contributed by atoms with Gasteiger partial charge in [-0.15, -0.1) is 0 Å². The molecule has 0 saturated carbocycles. The Morgan fingerprint density at radius 2 is 2.12 bits per heavy atom. The molecule has 1 saturated heterocycles. The van der Waals surface area contributed by atoms with Crippen LogP contribution in [0.1, 0.15) is 30.1 Å². The van der Waals surface area contributed by atoms with E-state index < -0.39 is 0 Å². The summed E-state index contributed by atoms with van der Waals surface area (Å²) in [4.78, 5) is 23.2. The highest BCUT2D eigenvalue weighted by Gasteiger charge is 2.31. The lowest BCUT2D eigenvalue weighted by atomic mass is 9.97. The molecule has 1 fully saturated rings. The zero-order valence-corrected chi connectivity index (χ0v) is 14.3. The Morgan fingerprint density at radius 3 is 2.75 bits per heavy atom. The Morgan fingerprint density at radius 1 is 1.33 bits per heavy atom. The normalized spacial score (nSPS) is 18.8. The predicted octanol–water partition coefficient (Wildman–Crippen LogP) is 3.10. The molecule has 6 heteroatoms. The van der Waals surface area contributed by atoms with Crippen molar-refractivity contribution in [2.45, 2.75) is 18.9 Å². The largest absolute Gasteiger partial charge is 0.381 e. The summed E-state index contributed by atoms with van der Waals surface area (Å²) in [5.41, 5.74) is 1.68. The quantitative estimate of drug-likeness (QED) is 0.854. The Balaban J connectivity index is 1.91. The monoisotopic (exact) mass is 345 g/mol. The molecule has 126 valence electrons. The van der Waals surface area contributed by atoms with Gasteiger partial charge in [-0.3, -0.25) is 14.8 Å². The van der Waals surface area contributed by atoms with Gasteiger partial charge in [-0.05, 0) is 30.5 Å². The van der Waals surface area contributed by atoms with Gasteiger partial charge < -0.3 is 9.64 Å². The number of rotatable bonds is 4. The van der Waals surface area contributed by atoms with Gasteiger partial charge in [0.15, 0.2) is 0 Å². The van der Waals surface area contributed by atoms with Crippen molar-refractivity contribution in [2.24, 2.45) is 5.92 Å². The Labute approximate surface area is 146 Å². The van der Waals surface area contributed by atoms with Crippen molar-refractivity contribution in [3.63, 3.8) is 0 Å². The van der Waals surface area contributed by atoms with Gasteiger partial charge >= 0.3 is 0 Å². The third-order valence-corrected chi connectivity index (χ3v) is 4.55. The standard InChI is InChI=1S/C18H20ClN3O2/c1-22(18(23)14-3-2-10-24-12-14)17(16-11-20-8-9-21-16)13-4-6-15(19)7-5-13/h4-9,11,14,17H,2-3,10,12H2,1H3/t14-,17+/m1/s1. The number of benzene rings is 1. The molecule has 1 aliphatic rings. The molecule has 2 aromatic rings. The first kappa shape index (κ1) is 16.9. The number of nitrogens with zero attached hydrogens (tertiary/aromatic N) is 3. The number of hydrogen-bond acceptors (Lipinski definition) is 4. The summed E-state index contributed by atoms with van der Waals surface area (Å²) in [5, 5.41) is 0.659. The number of halogens is 1. The summed E-state index contributed by atoms with van der Waals surface area (Å²) in [6.45, 7) is 1.22. The molecule has 2 heterocycles. The molecule has 0 unspecified atom stereocenters. The Hall–Kier alpha value is -1.98. The van der Waals surface area contributed by atoms with Crippen LogP contribution >= 0.6 is 11.6 Å². The minimum atomic E-state index is -0.301. The maximum Gasteiger partial charge on any atom is 0.228 e. The maximum absolute atomic E-state index is 12.9. The fourth-order valence-corrected chi connectivity index (χ4v) is 3.17. The second kappa shape index (κ2) is 7.73. The summed E-state index contributed by atoms with van der Waals surface area (Å²) < 4.78 is 5.47. The van der Waals surface area contributed by atoms with Crippen LogP contribution in [0, 0.1) is 5.92 Å². The van der Waals surface area contributed by atoms with E-state index in [1.807, 2.05) is 31.3 Å². The van der Waals surface area contributed by atoms with E-state index in [0.717, 1.165) is 30.7 Å². The Bertz CT molecular complexity index is 672. The number of aromatic nitrogens is 2. The molecule has 1 aromatic heterocycles. The maximum atomic E-state index is 12.9. The molecule has 24 heavy (non-hydrogen) atoms. The summed E-state index contributed by atoms with van der Waals surface area (Å²) in [5.74, 6) is -0.0319. The zero-order chi connectivity index (χ0) is 16.9. The highest BCUT2D eigenvalue weighted by molar-refractivity contribution is 6.30. The lowest BCUT2D eigenvalue weighted by molar-refractivity contribution is -0.140. The number of ether oxygens (including phenoxy) is 1. The van der Waals surface area contributed by atoms with Crippen molar-refractivity contribution >= 4 is 17.5 Å². The summed E-state index contributed by atoms with van der Waals surface area (Å²) >= 11 is 6.00. The van der Waals surface area contributed by atoms with Gasteiger partial charge in [-0.25, -0.2) is 0 Å². The smallest absolute Gasteiger partial charge is 0.228 e. The molecule has 0 aliphatic carbocycles. The average molecular weight is 346 g/mol. The molecule has 1 amide bonds. The van der Waals surface area contributed by atoms with Crippen LogP contribution in [-0.4, -0.2) is 41.0 Å². The van der Waals surface area contributed by atoms with Crippen LogP contribution in [0.2, 0.25) is 5.02 Å². The number of carbonyl (C=O) groups excluding carboxylic acids is 1. The van der Waals surface area contributed by atoms with Crippen LogP contribution in [0.15, 0.2) is 42.9 Å². The van der Waals surface area contributed by atoms with E-state index in [0.29, 0.717) is 11.6 Å². The van der Waals surface area contributed by atoms with Crippen LogP contribution in [0.3, 0.4) is 0 Å². The van der Waals surface area contributed by atoms with Crippen LogP contribution in [0.5, 0.6) is 0 Å². The lowest BCUT2D eigenvalue weighted by Gasteiger charge is -2.32. The highest BCUT2D eigenvalue weighted by atomic mass is 35.5. The predicted molar refractivity (Wildman–Crippen MR) is 91.6 cm³/mol. The van der Waals surface area contributed by atoms with E-state index in [-0.39, 0.29) is 17.9 Å². The van der Waals surface area contributed by atoms with E-state index in [1.165, 1.54) is 0 Å². The fourth-order valence-electron chi connectivity index (χ4n) is 3.04. The van der Waals surface area contributed by atoms with Crippen molar-refractivity contribution in [2.75, 3.05) is 20.3 Å². The van der Waals surface area contributed by atoms with Gasteiger partial charge in [0.2, 0.25) is 5.91 Å². The first-order chi connectivity index (χ1) is 11.7. The first-order valence-electron chi connectivity index (χ1n) is 8.02. The first-order valence-corrected chi connectivity index (χ1v) is 8.40. The fraction of sp³-hybridized carbons (Fsp3) is 0.389. The van der Waals surface area contributed by atoms with E-state index >= 15 is 0 Å². The molecule has 1 aromatic carbocycles. The van der Waals surface area contributed by atoms with Gasteiger partial charge in [-0.2, -0.15) is 0 Å². The molecule has 1 aliphatic heterocycles. The molecular weight excluding hydrogens is 326 g/mol. The third kappa shape index (κ3) is 3.74. The lowest BCUT2D eigenvalue weighted by Crippen LogP contribution is -2.40. The van der Waals surface area contributed by atoms with Crippen molar-refractivity contribution in [1.29, 1.82) is 0 Å². The van der Waals surface area contributed by atoms with Crippen molar-refractivity contribution in [3.8, 4) is 0 Å². The van der Waals surface area contributed by atoms with Crippen LogP contribution in [-0.2, 0) is 9.53 Å². The van der Waals surface area contributed by atoms with Gasteiger partial charge in [0.25, 0.3) is 0 Å². The topological polar surface area (TPSA) is 55.3 Å². The number of amides is 1. The van der Waals surface area contributed by atoms with Gasteiger partial charge in [0.05, 0.1) is 24.4 Å². The summed E-state index contributed by atoms with van der Waals surface area (Å²) in [6, 6.07) is 7.18. The minimum absolute atomic E-state index is 0.0697. The molecular formula is C18H20ClN3O2. The van der Waals surface area contributed by atoms with Gasteiger partial charge in [0, 0.05) is 31.1 Å². The van der Waals surface area contributed by atoms with Crippen LogP contribution in [0.4, 0.5) is 0 Å². The number of hydrogen-bond donors (Lipinski definition) is 0. The molecule has 5 nitrogen and oxygen atoms in total. The van der Waals surface area contributed by atoms with Crippen molar-refractivity contribution in [1.82, 2.24) is 14.9 Å². The zero-order valence-electron chi connectivity index (χ0n) is 13.6. The van der Waals surface area contributed by atoms with Gasteiger partial charge in [-0.1, -0.05) is 23.7 Å². The van der Waals surface area contributed by atoms with E-state index in [4.69, 9.17) is 16.3 Å². The van der Waals surface area contributed by atoms with E-state index in [9.17, 15) is 4.79 Å². The van der Waals surface area contributed by atoms with Crippen LogP contribution < -0.4 is 0 Å². The molecule has 0 radical (unpaired) electrons. The SMILES string of the molecule is CN(C(=O)[C@@H]1CCCOC1)[C@@H](c1ccc(Cl)cc1)c1cnccn1. The minimum Gasteiger partial charge on any atom is -0.381 e. The molecule has 0 spiro atoms. The van der Waals surface area contributed by atoms with Crippen molar-refractivity contribution in [3.05, 3.63) is 59.1 Å². The molecule has 0 bridgehead atoms. The molecule has 0 N–H and O–H groups in total. The average Bonchev–Trinajstić information content (AvgIpc) is 2.64. The van der Waals surface area contributed by atoms with E-state index in [1.54, 1.807) is 23.5 Å². The van der Waals surface area contributed by atoms with Crippen molar-refractivity contribution < 1.29 is 9.53 Å². The summed E-state index contributed by atoms with van der Waals surface area (Å²) in [7, 11) is 1.81. The summed E-state index contributed by atoms with van der Waals surface area (Å²) in [6.07, 6.45) is 6.73. The Kier molecular flexibility index (Phi) is 5.43. The third-order valence-electron chi connectivity index (χ3n) is 4.29. The number of carbonyl (C=O) groups is 1. The molecule has 2 atom stereocenters. The van der Waals surface area contributed by atoms with E-state index in [2.05, 4.69) is 9.97 Å². The highest BCUT2D eigenvalue weighted by Crippen LogP contribution is 2.29. The molecule has 3 rings (SSSR count). The van der Waals surface area contributed by atoms with Crippen LogP contribution in [0.25, 0.3) is 0 Å². The second-order valence-corrected chi connectivity index (χ2v) is 6.38. The second-order valence-electron chi connectivity index (χ2n) is 5.95.